The molecular formula is C16H24ClNO2. The van der Waals surface area contributed by atoms with E-state index in [2.05, 4.69) is 5.32 Å². The Labute approximate surface area is 126 Å². The van der Waals surface area contributed by atoms with Gasteiger partial charge in [-0.15, -0.1) is 0 Å². The number of nitrogens with one attached hydrogen (secondary N) is 1. The van der Waals surface area contributed by atoms with E-state index in [9.17, 15) is 9.90 Å². The standard InChI is InChI=1S/C16H24ClNO2/c1-3-16(4-2,12-19)11-18-15(20)10-9-13-7-5-6-8-14(13)17/h5-8,19H,3-4,9-12H2,1-2H3,(H,18,20). The predicted octanol–water partition coefficient (Wildman–Crippen LogP) is 3.19. The van der Waals surface area contributed by atoms with E-state index in [1.54, 1.807) is 0 Å². The van der Waals surface area contributed by atoms with Crippen molar-refractivity contribution in [1.29, 1.82) is 0 Å². The normalized spacial score (nSPS) is 11.4. The molecule has 0 spiro atoms. The molecule has 0 heterocycles. The minimum absolute atomic E-state index is 0.00430. The Morgan fingerprint density at radius 1 is 1.30 bits per heavy atom. The summed E-state index contributed by atoms with van der Waals surface area (Å²) in [5, 5.41) is 13.1. The fourth-order valence-electron chi connectivity index (χ4n) is 2.10. The fraction of sp³-hybridized carbons (Fsp3) is 0.562. The highest BCUT2D eigenvalue weighted by atomic mass is 35.5. The highest BCUT2D eigenvalue weighted by Gasteiger charge is 2.25. The van der Waals surface area contributed by atoms with Gasteiger partial charge in [-0.1, -0.05) is 43.6 Å². The van der Waals surface area contributed by atoms with Crippen LogP contribution in [0.3, 0.4) is 0 Å². The van der Waals surface area contributed by atoms with E-state index < -0.39 is 0 Å². The lowest BCUT2D eigenvalue weighted by atomic mass is 9.83. The first-order valence-electron chi connectivity index (χ1n) is 7.18. The van der Waals surface area contributed by atoms with Gasteiger partial charge in [0.25, 0.3) is 0 Å². The molecule has 0 saturated heterocycles. The van der Waals surface area contributed by atoms with Crippen LogP contribution in [0.5, 0.6) is 0 Å². The first-order valence-corrected chi connectivity index (χ1v) is 7.55. The van der Waals surface area contributed by atoms with E-state index in [0.29, 0.717) is 24.4 Å². The topological polar surface area (TPSA) is 49.3 Å². The summed E-state index contributed by atoms with van der Waals surface area (Å²) < 4.78 is 0. The minimum atomic E-state index is -0.194. The Hall–Kier alpha value is -1.06. The van der Waals surface area contributed by atoms with Crippen LogP contribution in [0.4, 0.5) is 0 Å². The molecule has 0 fully saturated rings. The molecule has 0 radical (unpaired) electrons. The van der Waals surface area contributed by atoms with E-state index in [1.807, 2.05) is 38.1 Å². The van der Waals surface area contributed by atoms with Crippen LogP contribution >= 0.6 is 11.6 Å². The first kappa shape index (κ1) is 17.0. The van der Waals surface area contributed by atoms with Gasteiger partial charge >= 0.3 is 0 Å². The SMILES string of the molecule is CCC(CC)(CO)CNC(=O)CCc1ccccc1Cl. The molecule has 0 aromatic heterocycles. The maximum Gasteiger partial charge on any atom is 0.220 e. The summed E-state index contributed by atoms with van der Waals surface area (Å²) >= 11 is 6.06. The van der Waals surface area contributed by atoms with Crippen molar-refractivity contribution in [2.75, 3.05) is 13.2 Å². The van der Waals surface area contributed by atoms with Crippen LogP contribution in [0.1, 0.15) is 38.7 Å². The summed E-state index contributed by atoms with van der Waals surface area (Å²) in [5.41, 5.74) is 0.795. The molecule has 4 heteroatoms. The highest BCUT2D eigenvalue weighted by molar-refractivity contribution is 6.31. The summed E-state index contributed by atoms with van der Waals surface area (Å²) in [4.78, 5) is 11.9. The van der Waals surface area contributed by atoms with E-state index in [-0.39, 0.29) is 17.9 Å². The number of aliphatic hydroxyl groups is 1. The van der Waals surface area contributed by atoms with Crippen LogP contribution in [0.25, 0.3) is 0 Å². The highest BCUT2D eigenvalue weighted by Crippen LogP contribution is 2.24. The Kier molecular flexibility index (Phi) is 7.03. The van der Waals surface area contributed by atoms with Crippen LogP contribution < -0.4 is 5.32 Å². The Morgan fingerprint density at radius 2 is 1.95 bits per heavy atom. The maximum atomic E-state index is 11.9. The number of rotatable bonds is 8. The lowest BCUT2D eigenvalue weighted by Crippen LogP contribution is -2.39. The number of aryl methyl sites for hydroxylation is 1. The molecule has 1 aromatic rings. The number of carbonyl (C=O) groups excluding carboxylic acids is 1. The quantitative estimate of drug-likeness (QED) is 0.774. The second kappa shape index (κ2) is 8.28. The van der Waals surface area contributed by atoms with Gasteiger partial charge in [0.15, 0.2) is 0 Å². The third kappa shape index (κ3) is 4.80. The molecule has 3 nitrogen and oxygen atoms in total. The van der Waals surface area contributed by atoms with Crippen molar-refractivity contribution in [3.05, 3.63) is 34.9 Å². The smallest absolute Gasteiger partial charge is 0.220 e. The number of hydrogen-bond donors (Lipinski definition) is 2. The molecule has 0 aliphatic heterocycles. The number of halogens is 1. The number of amides is 1. The Bertz CT molecular complexity index is 422. The van der Waals surface area contributed by atoms with Gasteiger partial charge in [0.1, 0.15) is 0 Å². The van der Waals surface area contributed by atoms with Gasteiger partial charge < -0.3 is 10.4 Å². The summed E-state index contributed by atoms with van der Waals surface area (Å²) in [6, 6.07) is 7.57. The lowest BCUT2D eigenvalue weighted by Gasteiger charge is -2.29. The van der Waals surface area contributed by atoms with Crippen molar-refractivity contribution in [2.45, 2.75) is 39.5 Å². The molecule has 0 atom stereocenters. The van der Waals surface area contributed by atoms with Crippen LogP contribution in [-0.2, 0) is 11.2 Å². The third-order valence-electron chi connectivity index (χ3n) is 4.08. The van der Waals surface area contributed by atoms with Gasteiger partial charge in [-0.3, -0.25) is 4.79 Å². The molecular weight excluding hydrogens is 274 g/mol. The van der Waals surface area contributed by atoms with Crippen LogP contribution in [-0.4, -0.2) is 24.2 Å². The van der Waals surface area contributed by atoms with Crippen molar-refractivity contribution < 1.29 is 9.90 Å². The second-order valence-electron chi connectivity index (χ2n) is 5.23. The predicted molar refractivity (Wildman–Crippen MR) is 82.9 cm³/mol. The number of aliphatic hydroxyl groups excluding tert-OH is 1. The molecule has 1 rings (SSSR count). The van der Waals surface area contributed by atoms with Crippen molar-refractivity contribution in [2.24, 2.45) is 5.41 Å². The van der Waals surface area contributed by atoms with Crippen molar-refractivity contribution >= 4 is 17.5 Å². The monoisotopic (exact) mass is 297 g/mol. The van der Waals surface area contributed by atoms with Crippen molar-refractivity contribution in [3.63, 3.8) is 0 Å². The summed E-state index contributed by atoms with van der Waals surface area (Å²) in [6.45, 7) is 4.70. The van der Waals surface area contributed by atoms with Crippen LogP contribution in [0, 0.1) is 5.41 Å². The second-order valence-corrected chi connectivity index (χ2v) is 5.64. The van der Waals surface area contributed by atoms with Gasteiger partial charge in [-0.05, 0) is 30.9 Å². The van der Waals surface area contributed by atoms with E-state index in [4.69, 9.17) is 11.6 Å². The van der Waals surface area contributed by atoms with Crippen LogP contribution in [0.2, 0.25) is 5.02 Å². The van der Waals surface area contributed by atoms with Gasteiger partial charge in [-0.2, -0.15) is 0 Å². The Balaban J connectivity index is 2.43. The number of benzene rings is 1. The number of hydrogen-bond acceptors (Lipinski definition) is 2. The molecule has 0 aliphatic rings. The van der Waals surface area contributed by atoms with Gasteiger partial charge in [0, 0.05) is 23.4 Å². The molecule has 1 amide bonds. The minimum Gasteiger partial charge on any atom is -0.396 e. The first-order chi connectivity index (χ1) is 9.56. The van der Waals surface area contributed by atoms with Gasteiger partial charge in [0.05, 0.1) is 6.61 Å². The molecule has 112 valence electrons. The van der Waals surface area contributed by atoms with Crippen molar-refractivity contribution in [1.82, 2.24) is 5.32 Å². The lowest BCUT2D eigenvalue weighted by molar-refractivity contribution is -0.121. The maximum absolute atomic E-state index is 11.9. The van der Waals surface area contributed by atoms with Crippen LogP contribution in [0.15, 0.2) is 24.3 Å². The zero-order valence-electron chi connectivity index (χ0n) is 12.3. The molecule has 0 bridgehead atoms. The molecule has 2 N–H and O–H groups in total. The summed E-state index contributed by atoms with van der Waals surface area (Å²) in [7, 11) is 0. The molecule has 0 saturated carbocycles. The van der Waals surface area contributed by atoms with Gasteiger partial charge in [-0.25, -0.2) is 0 Å². The molecule has 1 aromatic carbocycles. The third-order valence-corrected chi connectivity index (χ3v) is 4.44. The molecule has 0 unspecified atom stereocenters. The van der Waals surface area contributed by atoms with Gasteiger partial charge in [0.2, 0.25) is 5.91 Å². The van der Waals surface area contributed by atoms with E-state index >= 15 is 0 Å². The zero-order chi connectivity index (χ0) is 15.0. The largest absolute Gasteiger partial charge is 0.396 e. The molecule has 20 heavy (non-hydrogen) atoms. The summed E-state index contributed by atoms with van der Waals surface area (Å²) in [6.07, 6.45) is 2.75. The zero-order valence-corrected chi connectivity index (χ0v) is 13.0. The van der Waals surface area contributed by atoms with E-state index in [0.717, 1.165) is 18.4 Å². The van der Waals surface area contributed by atoms with Crippen molar-refractivity contribution in [3.8, 4) is 0 Å². The molecule has 0 aliphatic carbocycles. The average Bonchev–Trinajstić information content (AvgIpc) is 2.48. The fourth-order valence-corrected chi connectivity index (χ4v) is 2.33. The Morgan fingerprint density at radius 3 is 2.50 bits per heavy atom. The van der Waals surface area contributed by atoms with E-state index in [1.165, 1.54) is 0 Å². The summed E-state index contributed by atoms with van der Waals surface area (Å²) in [5.74, 6) is 0.00430. The average molecular weight is 298 g/mol. The number of carbonyl (C=O) groups is 1.